The van der Waals surface area contributed by atoms with Crippen molar-refractivity contribution >= 4 is 0 Å². The predicted octanol–water partition coefficient (Wildman–Crippen LogP) is 1.52. The predicted molar refractivity (Wildman–Crippen MR) is 35.6 cm³/mol. The Labute approximate surface area is 51.3 Å². The lowest BCUT2D eigenvalue weighted by atomic mass is 9.98. The zero-order chi connectivity index (χ0) is 6.20. The van der Waals surface area contributed by atoms with Crippen molar-refractivity contribution in [1.29, 1.82) is 0 Å². The van der Waals surface area contributed by atoms with E-state index in [1.165, 1.54) is 12.8 Å². The molecule has 1 aliphatic carbocycles. The Hall–Kier alpha value is -0.0400. The molecule has 0 aromatic heterocycles. The molecule has 0 aromatic carbocycles. The van der Waals surface area contributed by atoms with Gasteiger partial charge < -0.3 is 5.73 Å². The van der Waals surface area contributed by atoms with E-state index in [0.717, 1.165) is 6.42 Å². The summed E-state index contributed by atoms with van der Waals surface area (Å²) < 4.78 is 0. The summed E-state index contributed by atoms with van der Waals surface area (Å²) >= 11 is 0. The first-order chi connectivity index (χ1) is 3.69. The summed E-state index contributed by atoms with van der Waals surface area (Å²) in [6, 6.07) is 0.461. The van der Waals surface area contributed by atoms with Crippen LogP contribution in [0.1, 0.15) is 33.1 Å². The maximum absolute atomic E-state index is 5.81. The lowest BCUT2D eigenvalue weighted by Gasteiger charge is -2.15. The van der Waals surface area contributed by atoms with Gasteiger partial charge in [0, 0.05) is 6.04 Å². The molecule has 0 amide bonds. The Kier molecular flexibility index (Phi) is 1.31. The molecule has 0 aromatic rings. The van der Waals surface area contributed by atoms with Gasteiger partial charge in [-0.1, -0.05) is 13.8 Å². The second-order valence-corrected chi connectivity index (χ2v) is 3.17. The van der Waals surface area contributed by atoms with Gasteiger partial charge in [0.15, 0.2) is 0 Å². The Bertz CT molecular complexity index is 84.4. The minimum absolute atomic E-state index is 0.461. The summed E-state index contributed by atoms with van der Waals surface area (Å²) in [5, 5.41) is 0. The average Bonchev–Trinajstić information content (AvgIpc) is 2.47. The summed E-state index contributed by atoms with van der Waals surface area (Å²) in [4.78, 5) is 0. The molecule has 0 heterocycles. The average molecular weight is 113 g/mol. The van der Waals surface area contributed by atoms with Crippen LogP contribution in [-0.4, -0.2) is 6.04 Å². The molecular weight excluding hydrogens is 98.1 g/mol. The SMILES string of the molecule is CCC(N)C1(C)CC1. The van der Waals surface area contributed by atoms with Gasteiger partial charge in [0.05, 0.1) is 0 Å². The molecule has 1 heteroatoms. The molecule has 1 rings (SSSR count). The number of nitrogens with two attached hydrogens (primary N) is 1. The molecule has 48 valence electrons. The van der Waals surface area contributed by atoms with E-state index in [0.29, 0.717) is 11.5 Å². The normalized spacial score (nSPS) is 27.4. The second-order valence-electron chi connectivity index (χ2n) is 3.17. The topological polar surface area (TPSA) is 26.0 Å². The highest BCUT2D eigenvalue weighted by Gasteiger charge is 2.41. The summed E-state index contributed by atoms with van der Waals surface area (Å²) in [5.74, 6) is 0. The zero-order valence-corrected chi connectivity index (χ0v) is 5.78. The molecule has 0 aliphatic heterocycles. The smallest absolute Gasteiger partial charge is 0.00903 e. The maximum Gasteiger partial charge on any atom is 0.00903 e. The molecule has 0 bridgehead atoms. The Balaban J connectivity index is 2.34. The van der Waals surface area contributed by atoms with Crippen molar-refractivity contribution in [2.24, 2.45) is 11.1 Å². The minimum atomic E-state index is 0.461. The van der Waals surface area contributed by atoms with Gasteiger partial charge >= 0.3 is 0 Å². The number of rotatable bonds is 2. The molecule has 1 aliphatic rings. The van der Waals surface area contributed by atoms with Crippen LogP contribution in [0.5, 0.6) is 0 Å². The largest absolute Gasteiger partial charge is 0.327 e. The van der Waals surface area contributed by atoms with Gasteiger partial charge in [-0.05, 0) is 24.7 Å². The summed E-state index contributed by atoms with van der Waals surface area (Å²) in [6.07, 6.45) is 3.83. The molecule has 1 saturated carbocycles. The van der Waals surface area contributed by atoms with Crippen molar-refractivity contribution in [3.05, 3.63) is 0 Å². The van der Waals surface area contributed by atoms with Crippen LogP contribution in [0.15, 0.2) is 0 Å². The van der Waals surface area contributed by atoms with Crippen LogP contribution in [-0.2, 0) is 0 Å². The van der Waals surface area contributed by atoms with Crippen LogP contribution < -0.4 is 5.73 Å². The highest BCUT2D eigenvalue weighted by atomic mass is 14.7. The standard InChI is InChI=1S/C7H15N/c1-3-6(8)7(2)4-5-7/h6H,3-5,8H2,1-2H3. The van der Waals surface area contributed by atoms with Crippen LogP contribution in [0, 0.1) is 5.41 Å². The van der Waals surface area contributed by atoms with Crippen molar-refractivity contribution in [3.8, 4) is 0 Å². The Morgan fingerprint density at radius 3 is 2.25 bits per heavy atom. The van der Waals surface area contributed by atoms with Crippen molar-refractivity contribution in [1.82, 2.24) is 0 Å². The van der Waals surface area contributed by atoms with Crippen LogP contribution in [0.4, 0.5) is 0 Å². The maximum atomic E-state index is 5.81. The zero-order valence-electron chi connectivity index (χ0n) is 5.78. The van der Waals surface area contributed by atoms with E-state index in [-0.39, 0.29) is 0 Å². The summed E-state index contributed by atoms with van der Waals surface area (Å²) in [7, 11) is 0. The van der Waals surface area contributed by atoms with Gasteiger partial charge in [-0.15, -0.1) is 0 Å². The third kappa shape index (κ3) is 0.873. The molecule has 1 unspecified atom stereocenters. The van der Waals surface area contributed by atoms with Gasteiger partial charge in [-0.25, -0.2) is 0 Å². The second kappa shape index (κ2) is 1.73. The van der Waals surface area contributed by atoms with Gasteiger partial charge in [-0.3, -0.25) is 0 Å². The van der Waals surface area contributed by atoms with E-state index >= 15 is 0 Å². The van der Waals surface area contributed by atoms with Crippen LogP contribution >= 0.6 is 0 Å². The molecule has 1 atom stereocenters. The lowest BCUT2D eigenvalue weighted by molar-refractivity contribution is 0.425. The Morgan fingerprint density at radius 2 is 2.12 bits per heavy atom. The van der Waals surface area contributed by atoms with Crippen LogP contribution in [0.3, 0.4) is 0 Å². The first kappa shape index (κ1) is 6.09. The van der Waals surface area contributed by atoms with E-state index in [9.17, 15) is 0 Å². The van der Waals surface area contributed by atoms with E-state index in [1.54, 1.807) is 0 Å². The minimum Gasteiger partial charge on any atom is -0.327 e. The van der Waals surface area contributed by atoms with E-state index < -0.39 is 0 Å². The third-order valence-electron chi connectivity index (χ3n) is 2.37. The monoisotopic (exact) mass is 113 g/mol. The summed E-state index contributed by atoms with van der Waals surface area (Å²) in [5.41, 5.74) is 6.35. The molecule has 1 nitrogen and oxygen atoms in total. The van der Waals surface area contributed by atoms with Crippen molar-refractivity contribution in [2.75, 3.05) is 0 Å². The molecular formula is C7H15N. The molecule has 0 radical (unpaired) electrons. The Morgan fingerprint density at radius 1 is 1.62 bits per heavy atom. The quantitative estimate of drug-likeness (QED) is 0.577. The van der Waals surface area contributed by atoms with Crippen molar-refractivity contribution in [2.45, 2.75) is 39.2 Å². The van der Waals surface area contributed by atoms with Gasteiger partial charge in [0.25, 0.3) is 0 Å². The molecule has 0 saturated heterocycles. The van der Waals surface area contributed by atoms with Crippen LogP contribution in [0.25, 0.3) is 0 Å². The van der Waals surface area contributed by atoms with Gasteiger partial charge in [0.2, 0.25) is 0 Å². The van der Waals surface area contributed by atoms with Crippen molar-refractivity contribution in [3.63, 3.8) is 0 Å². The summed E-state index contributed by atoms with van der Waals surface area (Å²) in [6.45, 7) is 4.44. The third-order valence-corrected chi connectivity index (χ3v) is 2.37. The highest BCUT2D eigenvalue weighted by molar-refractivity contribution is 4.96. The molecule has 8 heavy (non-hydrogen) atoms. The number of hydrogen-bond acceptors (Lipinski definition) is 1. The molecule has 1 fully saturated rings. The molecule has 2 N–H and O–H groups in total. The van der Waals surface area contributed by atoms with Gasteiger partial charge in [-0.2, -0.15) is 0 Å². The van der Waals surface area contributed by atoms with Crippen LogP contribution in [0.2, 0.25) is 0 Å². The van der Waals surface area contributed by atoms with Gasteiger partial charge in [0.1, 0.15) is 0 Å². The first-order valence-electron chi connectivity index (χ1n) is 3.44. The van der Waals surface area contributed by atoms with Crippen molar-refractivity contribution < 1.29 is 0 Å². The lowest BCUT2D eigenvalue weighted by Crippen LogP contribution is -2.28. The van der Waals surface area contributed by atoms with E-state index in [4.69, 9.17) is 5.73 Å². The fraction of sp³-hybridized carbons (Fsp3) is 1.00. The van der Waals surface area contributed by atoms with E-state index in [1.807, 2.05) is 0 Å². The van der Waals surface area contributed by atoms with E-state index in [2.05, 4.69) is 13.8 Å². The number of hydrogen-bond donors (Lipinski definition) is 1. The fourth-order valence-corrected chi connectivity index (χ4v) is 1.06. The first-order valence-corrected chi connectivity index (χ1v) is 3.44. The highest BCUT2D eigenvalue weighted by Crippen LogP contribution is 2.47. The molecule has 0 spiro atoms. The fourth-order valence-electron chi connectivity index (χ4n) is 1.06.